The highest BCUT2D eigenvalue weighted by Crippen LogP contribution is 2.42. The van der Waals surface area contributed by atoms with E-state index in [1.54, 1.807) is 24.1 Å². The lowest BCUT2D eigenvalue weighted by molar-refractivity contribution is -0.0825. The minimum absolute atomic E-state index is 0.0551. The van der Waals surface area contributed by atoms with Gasteiger partial charge in [0, 0.05) is 33.1 Å². The number of likely N-dealkylation sites (tertiary alicyclic amines) is 1. The lowest BCUT2D eigenvalue weighted by Crippen LogP contribution is -2.53. The fourth-order valence-electron chi connectivity index (χ4n) is 3.62. The number of amides is 1. The highest BCUT2D eigenvalue weighted by molar-refractivity contribution is 5.91. The predicted molar refractivity (Wildman–Crippen MR) is 72.2 cm³/mol. The van der Waals surface area contributed by atoms with Gasteiger partial charge in [-0.15, -0.1) is 0 Å². The summed E-state index contributed by atoms with van der Waals surface area (Å²) in [5, 5.41) is 9.94. The second kappa shape index (κ2) is 4.86. The van der Waals surface area contributed by atoms with Gasteiger partial charge in [0.25, 0.3) is 5.91 Å². The van der Waals surface area contributed by atoms with Gasteiger partial charge in [-0.1, -0.05) is 0 Å². The molecule has 1 saturated heterocycles. The van der Waals surface area contributed by atoms with Gasteiger partial charge in [0.05, 0.1) is 17.7 Å². The van der Waals surface area contributed by atoms with Crippen LogP contribution in [0.4, 0.5) is 0 Å². The van der Waals surface area contributed by atoms with Crippen molar-refractivity contribution in [2.24, 2.45) is 7.05 Å². The van der Waals surface area contributed by atoms with Crippen molar-refractivity contribution in [2.45, 2.75) is 43.4 Å². The molecule has 1 amide bonds. The van der Waals surface area contributed by atoms with Gasteiger partial charge in [-0.2, -0.15) is 0 Å². The predicted octanol–water partition coefficient (Wildman–Crippen LogP) is 0.565. The molecule has 0 unspecified atom stereocenters. The maximum absolute atomic E-state index is 12.7. The maximum Gasteiger partial charge on any atom is 0.290 e. The summed E-state index contributed by atoms with van der Waals surface area (Å²) in [6.07, 6.45) is 6.01. The molecule has 3 atom stereocenters. The van der Waals surface area contributed by atoms with Crippen molar-refractivity contribution in [3.8, 4) is 0 Å². The molecule has 2 fully saturated rings. The van der Waals surface area contributed by atoms with E-state index in [0.29, 0.717) is 18.8 Å². The zero-order valence-electron chi connectivity index (χ0n) is 12.0. The van der Waals surface area contributed by atoms with Crippen LogP contribution >= 0.6 is 0 Å². The molecule has 6 nitrogen and oxygen atoms in total. The number of hydrogen-bond donors (Lipinski definition) is 1. The minimum atomic E-state index is -0.349. The smallest absolute Gasteiger partial charge is 0.290 e. The normalized spacial score (nSPS) is 33.2. The molecule has 6 heteroatoms. The Bertz CT molecular complexity index is 516. The van der Waals surface area contributed by atoms with Crippen molar-refractivity contribution in [1.82, 2.24) is 14.5 Å². The second-order valence-electron chi connectivity index (χ2n) is 5.82. The van der Waals surface area contributed by atoms with Crippen LogP contribution in [0.1, 0.15) is 36.3 Å². The number of aliphatic hydroxyl groups excluding tert-OH is 1. The highest BCUT2D eigenvalue weighted by Gasteiger charge is 2.52. The second-order valence-corrected chi connectivity index (χ2v) is 5.82. The summed E-state index contributed by atoms with van der Waals surface area (Å²) in [5.74, 6) is 0.368. The third kappa shape index (κ3) is 1.94. The molecule has 20 heavy (non-hydrogen) atoms. The summed E-state index contributed by atoms with van der Waals surface area (Å²) in [6.45, 7) is 0.664. The molecule has 0 aromatic carbocycles. The Kier molecular flexibility index (Phi) is 3.30. The third-order valence-electron chi connectivity index (χ3n) is 4.84. The molecule has 0 spiro atoms. The van der Waals surface area contributed by atoms with Gasteiger partial charge >= 0.3 is 0 Å². The zero-order chi connectivity index (χ0) is 14.3. The van der Waals surface area contributed by atoms with Crippen LogP contribution in [0.5, 0.6) is 0 Å². The number of hydrogen-bond acceptors (Lipinski definition) is 4. The Labute approximate surface area is 118 Å². The van der Waals surface area contributed by atoms with Crippen molar-refractivity contribution < 1.29 is 14.6 Å². The average Bonchev–Trinajstić information content (AvgIpc) is 3.02. The quantitative estimate of drug-likeness (QED) is 0.859. The Hall–Kier alpha value is -1.40. The first kappa shape index (κ1) is 13.6. The van der Waals surface area contributed by atoms with Crippen molar-refractivity contribution >= 4 is 5.91 Å². The fraction of sp³-hybridized carbons (Fsp3) is 0.714. The largest absolute Gasteiger partial charge is 0.393 e. The molecule has 1 aliphatic heterocycles. The van der Waals surface area contributed by atoms with E-state index >= 15 is 0 Å². The van der Waals surface area contributed by atoms with Crippen LogP contribution < -0.4 is 0 Å². The lowest BCUT2D eigenvalue weighted by atomic mass is 9.79. The minimum Gasteiger partial charge on any atom is -0.393 e. The van der Waals surface area contributed by atoms with Crippen LogP contribution in [0.2, 0.25) is 0 Å². The number of carbonyl (C=O) groups excluding carboxylic acids is 1. The number of aliphatic hydroxyl groups is 1. The summed E-state index contributed by atoms with van der Waals surface area (Å²) in [4.78, 5) is 18.6. The fourth-order valence-corrected chi connectivity index (χ4v) is 3.62. The van der Waals surface area contributed by atoms with Gasteiger partial charge in [-0.25, -0.2) is 4.98 Å². The van der Waals surface area contributed by atoms with Crippen LogP contribution in [-0.2, 0) is 11.8 Å². The van der Waals surface area contributed by atoms with E-state index < -0.39 is 0 Å². The van der Waals surface area contributed by atoms with E-state index in [1.165, 1.54) is 0 Å². The summed E-state index contributed by atoms with van der Waals surface area (Å²) in [7, 11) is 3.52. The molecule has 1 aromatic rings. The van der Waals surface area contributed by atoms with Gasteiger partial charge in [0.1, 0.15) is 0 Å². The molecule has 3 rings (SSSR count). The Morgan fingerprint density at radius 1 is 1.55 bits per heavy atom. The highest BCUT2D eigenvalue weighted by atomic mass is 16.5. The lowest BCUT2D eigenvalue weighted by Gasteiger charge is -2.42. The molecular formula is C14H21N3O3. The summed E-state index contributed by atoms with van der Waals surface area (Å²) >= 11 is 0. The van der Waals surface area contributed by atoms with Crippen molar-refractivity contribution in [2.75, 3.05) is 13.7 Å². The van der Waals surface area contributed by atoms with E-state index in [2.05, 4.69) is 4.98 Å². The van der Waals surface area contributed by atoms with Crippen LogP contribution in [0.25, 0.3) is 0 Å². The van der Waals surface area contributed by atoms with Gasteiger partial charge in [0.15, 0.2) is 5.82 Å². The number of rotatable bonds is 2. The van der Waals surface area contributed by atoms with Crippen LogP contribution in [0, 0.1) is 0 Å². The average molecular weight is 279 g/mol. The number of aryl methyl sites for hydroxylation is 1. The molecule has 110 valence electrons. The zero-order valence-corrected chi connectivity index (χ0v) is 12.0. The van der Waals surface area contributed by atoms with Crippen molar-refractivity contribution in [3.63, 3.8) is 0 Å². The standard InChI is InChI=1S/C14H21N3O3/c1-16-8-6-15-12(16)13(19)17-7-5-14(20-2)4-3-10(18)9-11(14)17/h6,8,10-11,18H,3-5,7,9H2,1-2H3/t10-,11+,14-/m1/s1. The van der Waals surface area contributed by atoms with E-state index in [4.69, 9.17) is 4.74 Å². The van der Waals surface area contributed by atoms with Crippen molar-refractivity contribution in [1.29, 1.82) is 0 Å². The number of ether oxygens (including phenoxy) is 1. The first-order valence-corrected chi connectivity index (χ1v) is 7.09. The van der Waals surface area contributed by atoms with E-state index in [-0.39, 0.29) is 23.7 Å². The van der Waals surface area contributed by atoms with Gasteiger partial charge in [0.2, 0.25) is 0 Å². The number of carbonyl (C=O) groups is 1. The summed E-state index contributed by atoms with van der Waals surface area (Å²) in [6, 6.07) is -0.0551. The first-order valence-electron chi connectivity index (χ1n) is 7.09. The number of nitrogens with zero attached hydrogens (tertiary/aromatic N) is 3. The molecular weight excluding hydrogens is 258 g/mol. The van der Waals surface area contributed by atoms with Crippen LogP contribution in [0.3, 0.4) is 0 Å². The molecule has 0 bridgehead atoms. The molecule has 1 N–H and O–H groups in total. The van der Waals surface area contributed by atoms with E-state index in [0.717, 1.165) is 19.3 Å². The van der Waals surface area contributed by atoms with Gasteiger partial charge in [-0.3, -0.25) is 4.79 Å². The maximum atomic E-state index is 12.7. The van der Waals surface area contributed by atoms with E-state index in [1.807, 2.05) is 11.9 Å². The number of fused-ring (bicyclic) bond motifs is 1. The van der Waals surface area contributed by atoms with Gasteiger partial charge in [-0.05, 0) is 25.7 Å². The van der Waals surface area contributed by atoms with Gasteiger partial charge < -0.3 is 19.3 Å². The summed E-state index contributed by atoms with van der Waals surface area (Å²) < 4.78 is 7.48. The molecule has 2 heterocycles. The Balaban J connectivity index is 1.88. The molecule has 2 aliphatic rings. The molecule has 1 aliphatic carbocycles. The van der Waals surface area contributed by atoms with Crippen LogP contribution in [0.15, 0.2) is 12.4 Å². The number of imidazole rings is 1. The summed E-state index contributed by atoms with van der Waals surface area (Å²) in [5.41, 5.74) is -0.292. The van der Waals surface area contributed by atoms with E-state index in [9.17, 15) is 9.90 Å². The van der Waals surface area contributed by atoms with Crippen molar-refractivity contribution in [3.05, 3.63) is 18.2 Å². The SMILES string of the molecule is CO[C@@]12CC[C@@H](O)C[C@@H]1N(C(=O)c1nccn1C)CC2. The first-order chi connectivity index (χ1) is 9.57. The third-order valence-corrected chi connectivity index (χ3v) is 4.84. The number of methoxy groups -OCH3 is 1. The Morgan fingerprint density at radius 2 is 2.35 bits per heavy atom. The monoisotopic (exact) mass is 279 g/mol. The molecule has 1 aromatic heterocycles. The molecule has 0 radical (unpaired) electrons. The number of aromatic nitrogens is 2. The molecule has 1 saturated carbocycles. The topological polar surface area (TPSA) is 67.6 Å². The van der Waals surface area contributed by atoms with Crippen LogP contribution in [-0.4, -0.2) is 56.9 Å². The Morgan fingerprint density at radius 3 is 3.00 bits per heavy atom.